The van der Waals surface area contributed by atoms with Crippen molar-refractivity contribution in [2.24, 2.45) is 0 Å². The van der Waals surface area contributed by atoms with E-state index in [1.54, 1.807) is 17.0 Å². The van der Waals surface area contributed by atoms with Crippen LogP contribution in [-0.2, 0) is 16.1 Å². The fourth-order valence-corrected chi connectivity index (χ4v) is 3.98. The lowest BCUT2D eigenvalue weighted by molar-refractivity contribution is -0.277. The fraction of sp³-hybridized carbons (Fsp3) is 0.435. The highest BCUT2D eigenvalue weighted by Gasteiger charge is 2.44. The van der Waals surface area contributed by atoms with E-state index < -0.39 is 37.3 Å². The van der Waals surface area contributed by atoms with Crippen LogP contribution >= 0.6 is 0 Å². The van der Waals surface area contributed by atoms with Gasteiger partial charge in [0.15, 0.2) is 0 Å². The largest absolute Gasteiger partial charge is 0.462 e. The summed E-state index contributed by atoms with van der Waals surface area (Å²) < 4.78 is 11.3. The van der Waals surface area contributed by atoms with Crippen LogP contribution in [0.15, 0.2) is 54.6 Å². The van der Waals surface area contributed by atoms with Crippen molar-refractivity contribution in [3.05, 3.63) is 60.2 Å². The number of anilines is 1. The zero-order chi connectivity index (χ0) is 22.7. The Kier molecular flexibility index (Phi) is 6.92. The average molecular weight is 444 g/mol. The number of carbonyl (C=O) groups excluding carboxylic acids is 1. The summed E-state index contributed by atoms with van der Waals surface area (Å²) in [5.74, 6) is 0.373. The second-order valence-electron chi connectivity index (χ2n) is 8.00. The van der Waals surface area contributed by atoms with Crippen molar-refractivity contribution < 1.29 is 34.7 Å². The minimum absolute atomic E-state index is 0.0113. The van der Waals surface area contributed by atoms with Crippen LogP contribution in [0.1, 0.15) is 5.56 Å². The van der Waals surface area contributed by atoms with Gasteiger partial charge in [0.25, 0.3) is 0 Å². The van der Waals surface area contributed by atoms with E-state index in [1.807, 2.05) is 47.4 Å². The Morgan fingerprint density at radius 3 is 2.38 bits per heavy atom. The molecule has 0 aliphatic carbocycles. The minimum atomic E-state index is -1.52. The highest BCUT2D eigenvalue weighted by atomic mass is 16.7. The second kappa shape index (κ2) is 9.85. The van der Waals surface area contributed by atoms with Crippen molar-refractivity contribution in [2.45, 2.75) is 37.3 Å². The number of benzene rings is 2. The first kappa shape index (κ1) is 22.5. The molecule has 9 nitrogen and oxygen atoms in total. The lowest BCUT2D eigenvalue weighted by Crippen LogP contribution is -2.60. The third-order valence-electron chi connectivity index (χ3n) is 5.87. The quantitative estimate of drug-likeness (QED) is 0.480. The predicted octanol–water partition coefficient (Wildman–Crippen LogP) is -0.286. The number of carbonyl (C=O) groups is 1. The maximum Gasteiger partial charge on any atom is 0.242 e. The van der Waals surface area contributed by atoms with Crippen molar-refractivity contribution in [1.29, 1.82) is 0 Å². The van der Waals surface area contributed by atoms with Crippen molar-refractivity contribution in [3.63, 3.8) is 0 Å². The number of para-hydroxylation sites is 2. The zero-order valence-electron chi connectivity index (χ0n) is 17.5. The summed E-state index contributed by atoms with van der Waals surface area (Å²) >= 11 is 0. The van der Waals surface area contributed by atoms with Gasteiger partial charge >= 0.3 is 0 Å². The lowest BCUT2D eigenvalue weighted by Gasteiger charge is -2.40. The molecule has 0 radical (unpaired) electrons. The molecule has 0 unspecified atom stereocenters. The molecular formula is C23H28N2O7. The van der Waals surface area contributed by atoms with Crippen molar-refractivity contribution in [1.82, 2.24) is 4.90 Å². The van der Waals surface area contributed by atoms with Crippen LogP contribution in [0.25, 0.3) is 0 Å². The highest BCUT2D eigenvalue weighted by molar-refractivity contribution is 5.82. The monoisotopic (exact) mass is 444 g/mol. The molecule has 0 bridgehead atoms. The van der Waals surface area contributed by atoms with Crippen molar-refractivity contribution in [3.8, 4) is 5.75 Å². The third-order valence-corrected chi connectivity index (χ3v) is 5.87. The molecule has 2 aliphatic heterocycles. The van der Waals surface area contributed by atoms with E-state index in [2.05, 4.69) is 0 Å². The van der Waals surface area contributed by atoms with Gasteiger partial charge in [-0.3, -0.25) is 4.79 Å². The summed E-state index contributed by atoms with van der Waals surface area (Å²) in [5.41, 5.74) is 1.72. The van der Waals surface area contributed by atoms with E-state index >= 15 is 0 Å². The SMILES string of the molecule is O=C1CN(c2ccccc2)CCN1Cc1ccccc1O[C@@H]1O[C@H](CO)[C@@H](O)[C@H](O)[C@H]1O. The Balaban J connectivity index is 1.43. The zero-order valence-corrected chi connectivity index (χ0v) is 17.5. The van der Waals surface area contributed by atoms with Crippen LogP contribution in [0.2, 0.25) is 0 Å². The number of nitrogens with zero attached hydrogens (tertiary/aromatic N) is 2. The maximum atomic E-state index is 12.8. The molecule has 0 aromatic heterocycles. The molecule has 0 spiro atoms. The van der Waals surface area contributed by atoms with Gasteiger partial charge in [0.1, 0.15) is 30.2 Å². The van der Waals surface area contributed by atoms with E-state index in [9.17, 15) is 25.2 Å². The van der Waals surface area contributed by atoms with Crippen molar-refractivity contribution in [2.75, 3.05) is 31.1 Å². The lowest BCUT2D eigenvalue weighted by atomic mass is 9.99. The van der Waals surface area contributed by atoms with Gasteiger partial charge in [-0.15, -0.1) is 0 Å². The number of hydrogen-bond acceptors (Lipinski definition) is 8. The summed E-state index contributed by atoms with van der Waals surface area (Å²) in [6, 6.07) is 16.8. The molecule has 2 heterocycles. The van der Waals surface area contributed by atoms with Crippen LogP contribution in [0, 0.1) is 0 Å². The molecule has 4 N–H and O–H groups in total. The number of rotatable bonds is 6. The Morgan fingerprint density at radius 1 is 0.938 bits per heavy atom. The molecule has 2 fully saturated rings. The van der Waals surface area contributed by atoms with E-state index in [-0.39, 0.29) is 12.5 Å². The fourth-order valence-electron chi connectivity index (χ4n) is 3.98. The van der Waals surface area contributed by atoms with E-state index in [4.69, 9.17) is 9.47 Å². The Labute approximate surface area is 186 Å². The molecule has 2 aliphatic rings. The van der Waals surface area contributed by atoms with E-state index in [0.29, 0.717) is 30.9 Å². The number of piperazine rings is 1. The number of aliphatic hydroxyl groups is 4. The summed E-state index contributed by atoms with van der Waals surface area (Å²) in [4.78, 5) is 16.6. The molecule has 2 saturated heterocycles. The average Bonchev–Trinajstić information content (AvgIpc) is 2.82. The van der Waals surface area contributed by atoms with Crippen LogP contribution in [0.3, 0.4) is 0 Å². The predicted molar refractivity (Wildman–Crippen MR) is 115 cm³/mol. The molecule has 32 heavy (non-hydrogen) atoms. The summed E-state index contributed by atoms with van der Waals surface area (Å²) in [5, 5.41) is 39.6. The first-order valence-electron chi connectivity index (χ1n) is 10.6. The molecule has 172 valence electrons. The summed E-state index contributed by atoms with van der Waals surface area (Å²) in [6.07, 6.45) is -6.82. The van der Waals surface area contributed by atoms with Gasteiger partial charge in [0.2, 0.25) is 12.2 Å². The molecule has 4 rings (SSSR count). The second-order valence-corrected chi connectivity index (χ2v) is 8.00. The standard InChI is InChI=1S/C23H28N2O7/c26-14-18-20(28)21(29)22(30)23(32-18)31-17-9-5-4-6-15(17)12-25-11-10-24(13-19(25)27)16-7-2-1-3-8-16/h1-9,18,20-23,26,28-30H,10-14H2/t18-,20-,21+,22-,23-/m1/s1. The van der Waals surface area contributed by atoms with Gasteiger partial charge in [-0.2, -0.15) is 0 Å². The van der Waals surface area contributed by atoms with Gasteiger partial charge in [0, 0.05) is 30.9 Å². The first-order chi connectivity index (χ1) is 15.5. The normalized spacial score (nSPS) is 28.6. The summed E-state index contributed by atoms with van der Waals surface area (Å²) in [7, 11) is 0. The van der Waals surface area contributed by atoms with Crippen LogP contribution < -0.4 is 9.64 Å². The van der Waals surface area contributed by atoms with Crippen LogP contribution in [-0.4, -0.2) is 88.2 Å². The van der Waals surface area contributed by atoms with Crippen molar-refractivity contribution >= 4 is 11.6 Å². The van der Waals surface area contributed by atoms with Crippen LogP contribution in [0.5, 0.6) is 5.75 Å². The molecule has 2 aromatic rings. The van der Waals surface area contributed by atoms with Gasteiger partial charge < -0.3 is 39.7 Å². The smallest absolute Gasteiger partial charge is 0.242 e. The highest BCUT2D eigenvalue weighted by Crippen LogP contribution is 2.28. The van der Waals surface area contributed by atoms with Gasteiger partial charge in [-0.05, 0) is 18.2 Å². The van der Waals surface area contributed by atoms with E-state index in [1.165, 1.54) is 0 Å². The molecular weight excluding hydrogens is 416 g/mol. The number of amides is 1. The molecule has 1 amide bonds. The molecule has 2 aromatic carbocycles. The Bertz CT molecular complexity index is 910. The maximum absolute atomic E-state index is 12.8. The van der Waals surface area contributed by atoms with Gasteiger partial charge in [-0.25, -0.2) is 0 Å². The Morgan fingerprint density at radius 2 is 1.66 bits per heavy atom. The third kappa shape index (κ3) is 4.72. The molecule has 0 saturated carbocycles. The van der Waals surface area contributed by atoms with Gasteiger partial charge in [-0.1, -0.05) is 36.4 Å². The molecule has 5 atom stereocenters. The Hall–Kier alpha value is -2.69. The number of ether oxygens (including phenoxy) is 2. The summed E-state index contributed by atoms with van der Waals surface area (Å²) in [6.45, 7) is 1.30. The molecule has 9 heteroatoms. The topological polar surface area (TPSA) is 123 Å². The first-order valence-corrected chi connectivity index (χ1v) is 10.6. The number of hydrogen-bond donors (Lipinski definition) is 4. The van der Waals surface area contributed by atoms with Crippen LogP contribution in [0.4, 0.5) is 5.69 Å². The minimum Gasteiger partial charge on any atom is -0.462 e. The van der Waals surface area contributed by atoms with E-state index in [0.717, 1.165) is 5.69 Å². The van der Waals surface area contributed by atoms with Gasteiger partial charge in [0.05, 0.1) is 13.2 Å². The number of aliphatic hydroxyl groups excluding tert-OH is 4.